The van der Waals surface area contributed by atoms with Crippen LogP contribution >= 0.6 is 28.1 Å². The van der Waals surface area contributed by atoms with Crippen LogP contribution in [-0.2, 0) is 9.53 Å². The Morgan fingerprint density at radius 2 is 1.60 bits per heavy atom. The highest BCUT2D eigenvalue weighted by molar-refractivity contribution is 9.10. The molecule has 3 N–H and O–H groups in total. The molecule has 0 radical (unpaired) electrons. The van der Waals surface area contributed by atoms with Crippen LogP contribution in [0.2, 0.25) is 0 Å². The maximum atomic E-state index is 12.4. The third-order valence-electron chi connectivity index (χ3n) is 4.61. The number of benzene rings is 3. The fraction of sp³-hybridized carbons (Fsp3) is 0.160. The van der Waals surface area contributed by atoms with E-state index in [1.807, 2.05) is 42.5 Å². The molecule has 182 valence electrons. The molecule has 3 aromatic carbocycles. The molecule has 35 heavy (non-hydrogen) atoms. The molecule has 8 nitrogen and oxygen atoms in total. The van der Waals surface area contributed by atoms with E-state index >= 15 is 0 Å². The van der Waals surface area contributed by atoms with Crippen LogP contribution in [0, 0.1) is 0 Å². The van der Waals surface area contributed by atoms with E-state index in [0.29, 0.717) is 34.7 Å². The van der Waals surface area contributed by atoms with E-state index in [9.17, 15) is 9.59 Å². The van der Waals surface area contributed by atoms with Crippen molar-refractivity contribution >= 4 is 45.1 Å². The number of carbonyl (C=O) groups is 2. The SMILES string of the molecule is COCCOc1ccc(C(=O)NC(=S)NNC(=O)COc2ccc(-c3ccccc3)cc2)cc1Br. The van der Waals surface area contributed by atoms with Crippen molar-refractivity contribution in [3.63, 3.8) is 0 Å². The summed E-state index contributed by atoms with van der Waals surface area (Å²) in [5.41, 5.74) is 7.36. The fourth-order valence-electron chi connectivity index (χ4n) is 2.89. The van der Waals surface area contributed by atoms with Gasteiger partial charge in [0.15, 0.2) is 11.7 Å². The van der Waals surface area contributed by atoms with E-state index in [4.69, 9.17) is 26.4 Å². The first-order valence-corrected chi connectivity index (χ1v) is 11.8. The minimum absolute atomic E-state index is 0.0629. The van der Waals surface area contributed by atoms with Gasteiger partial charge in [-0.15, -0.1) is 0 Å². The maximum absolute atomic E-state index is 12.4. The summed E-state index contributed by atoms with van der Waals surface area (Å²) in [5.74, 6) is 0.224. The van der Waals surface area contributed by atoms with Gasteiger partial charge in [-0.3, -0.25) is 25.8 Å². The van der Waals surface area contributed by atoms with Crippen molar-refractivity contribution in [3.8, 4) is 22.6 Å². The zero-order chi connectivity index (χ0) is 25.0. The van der Waals surface area contributed by atoms with E-state index in [1.54, 1.807) is 37.4 Å². The van der Waals surface area contributed by atoms with Gasteiger partial charge in [-0.1, -0.05) is 42.5 Å². The minimum atomic E-state index is -0.464. The zero-order valence-corrected chi connectivity index (χ0v) is 21.3. The molecular weight excluding hydrogens is 534 g/mol. The van der Waals surface area contributed by atoms with Crippen molar-refractivity contribution in [2.75, 3.05) is 26.9 Å². The predicted octanol–water partition coefficient (Wildman–Crippen LogP) is 3.86. The number of halogens is 1. The Morgan fingerprint density at radius 3 is 2.29 bits per heavy atom. The number of hydrogen-bond acceptors (Lipinski definition) is 6. The first kappa shape index (κ1) is 26.1. The summed E-state index contributed by atoms with van der Waals surface area (Å²) >= 11 is 8.44. The quantitative estimate of drug-likeness (QED) is 0.209. The van der Waals surface area contributed by atoms with Crippen molar-refractivity contribution in [2.24, 2.45) is 0 Å². The highest BCUT2D eigenvalue weighted by atomic mass is 79.9. The summed E-state index contributed by atoms with van der Waals surface area (Å²) in [6.45, 7) is 0.606. The van der Waals surface area contributed by atoms with Crippen molar-refractivity contribution in [1.82, 2.24) is 16.2 Å². The van der Waals surface area contributed by atoms with Crippen molar-refractivity contribution in [2.45, 2.75) is 0 Å². The molecule has 0 aliphatic heterocycles. The van der Waals surface area contributed by atoms with Crippen LogP contribution in [0.1, 0.15) is 10.4 Å². The van der Waals surface area contributed by atoms with Gasteiger partial charge in [0.2, 0.25) is 0 Å². The molecule has 0 heterocycles. The molecule has 0 saturated carbocycles. The van der Waals surface area contributed by atoms with Gasteiger partial charge in [0.05, 0.1) is 11.1 Å². The van der Waals surface area contributed by atoms with E-state index in [1.165, 1.54) is 0 Å². The average molecular weight is 558 g/mol. The first-order chi connectivity index (χ1) is 17.0. The van der Waals surface area contributed by atoms with Crippen molar-refractivity contribution in [3.05, 3.63) is 82.8 Å². The van der Waals surface area contributed by atoms with Crippen LogP contribution in [0.25, 0.3) is 11.1 Å². The van der Waals surface area contributed by atoms with Gasteiger partial charge >= 0.3 is 0 Å². The van der Waals surface area contributed by atoms with E-state index in [0.717, 1.165) is 11.1 Å². The number of amides is 2. The second-order valence-electron chi connectivity index (χ2n) is 7.12. The molecule has 0 aliphatic rings. The normalized spacial score (nSPS) is 10.2. The van der Waals surface area contributed by atoms with Crippen LogP contribution in [0.5, 0.6) is 11.5 Å². The van der Waals surface area contributed by atoms with Gasteiger partial charge in [-0.25, -0.2) is 0 Å². The Morgan fingerprint density at radius 1 is 0.886 bits per heavy atom. The van der Waals surface area contributed by atoms with Gasteiger partial charge in [0, 0.05) is 12.7 Å². The van der Waals surface area contributed by atoms with Crippen LogP contribution in [0.4, 0.5) is 0 Å². The monoisotopic (exact) mass is 557 g/mol. The Hall–Kier alpha value is -3.47. The van der Waals surface area contributed by atoms with Crippen molar-refractivity contribution in [1.29, 1.82) is 0 Å². The summed E-state index contributed by atoms with van der Waals surface area (Å²) in [6.07, 6.45) is 0. The molecule has 3 aromatic rings. The maximum Gasteiger partial charge on any atom is 0.276 e. The molecular formula is C25H24BrN3O5S. The lowest BCUT2D eigenvalue weighted by Crippen LogP contribution is -2.49. The van der Waals surface area contributed by atoms with Crippen LogP contribution < -0.4 is 25.6 Å². The summed E-state index contributed by atoms with van der Waals surface area (Å²) in [5, 5.41) is 2.43. The van der Waals surface area contributed by atoms with Crippen molar-refractivity contribution < 1.29 is 23.8 Å². The van der Waals surface area contributed by atoms with Crippen LogP contribution in [-0.4, -0.2) is 43.9 Å². The Balaban J connectivity index is 1.40. The molecule has 0 spiro atoms. The average Bonchev–Trinajstić information content (AvgIpc) is 2.88. The summed E-state index contributed by atoms with van der Waals surface area (Å²) in [7, 11) is 1.59. The number of rotatable bonds is 9. The molecule has 0 aliphatic carbocycles. The van der Waals surface area contributed by atoms with Gasteiger partial charge in [-0.2, -0.15) is 0 Å². The van der Waals surface area contributed by atoms with Gasteiger partial charge in [-0.05, 0) is 69.6 Å². The van der Waals surface area contributed by atoms with Gasteiger partial charge in [0.1, 0.15) is 18.1 Å². The first-order valence-electron chi connectivity index (χ1n) is 10.6. The molecule has 0 aromatic heterocycles. The Bertz CT molecular complexity index is 1160. The zero-order valence-electron chi connectivity index (χ0n) is 18.9. The topological polar surface area (TPSA) is 97.9 Å². The standard InChI is InChI=1S/C25H24BrN3O5S/c1-32-13-14-33-22-12-9-19(15-21(22)26)24(31)27-25(35)29-28-23(30)16-34-20-10-7-18(8-11-20)17-5-3-2-4-6-17/h2-12,15H,13-14,16H2,1H3,(H,28,30)(H2,27,29,31,35). The summed E-state index contributed by atoms with van der Waals surface area (Å²) < 4.78 is 16.6. The molecule has 2 amide bonds. The minimum Gasteiger partial charge on any atom is -0.490 e. The number of nitrogens with one attached hydrogen (secondary N) is 3. The van der Waals surface area contributed by atoms with Gasteiger partial charge < -0.3 is 14.2 Å². The highest BCUT2D eigenvalue weighted by Gasteiger charge is 2.12. The number of methoxy groups -OCH3 is 1. The third-order valence-corrected chi connectivity index (χ3v) is 5.44. The summed E-state index contributed by atoms with van der Waals surface area (Å²) in [6, 6.07) is 22.2. The number of carbonyl (C=O) groups excluding carboxylic acids is 2. The lowest BCUT2D eigenvalue weighted by molar-refractivity contribution is -0.123. The predicted molar refractivity (Wildman–Crippen MR) is 140 cm³/mol. The molecule has 0 fully saturated rings. The van der Waals surface area contributed by atoms with E-state index in [2.05, 4.69) is 32.1 Å². The van der Waals surface area contributed by atoms with E-state index < -0.39 is 11.8 Å². The molecule has 10 heteroatoms. The fourth-order valence-corrected chi connectivity index (χ4v) is 3.52. The number of ether oxygens (including phenoxy) is 3. The summed E-state index contributed by atoms with van der Waals surface area (Å²) in [4.78, 5) is 24.5. The molecule has 3 rings (SSSR count). The smallest absolute Gasteiger partial charge is 0.276 e. The number of hydrogen-bond donors (Lipinski definition) is 3. The van der Waals surface area contributed by atoms with Crippen LogP contribution in [0.3, 0.4) is 0 Å². The lowest BCUT2D eigenvalue weighted by Gasteiger charge is -2.12. The molecule has 0 atom stereocenters. The third kappa shape index (κ3) is 8.36. The Labute approximate surface area is 217 Å². The Kier molecular flexibility index (Phi) is 10.0. The molecule has 0 unspecified atom stereocenters. The largest absolute Gasteiger partial charge is 0.490 e. The van der Waals surface area contributed by atoms with Gasteiger partial charge in [0.25, 0.3) is 11.8 Å². The molecule has 0 bridgehead atoms. The molecule has 0 saturated heterocycles. The van der Waals surface area contributed by atoms with E-state index in [-0.39, 0.29) is 11.7 Å². The number of hydrazine groups is 1. The highest BCUT2D eigenvalue weighted by Crippen LogP contribution is 2.26. The second-order valence-corrected chi connectivity index (χ2v) is 8.38. The lowest BCUT2D eigenvalue weighted by atomic mass is 10.1. The number of thiocarbonyl (C=S) groups is 1. The van der Waals surface area contributed by atoms with Crippen LogP contribution in [0.15, 0.2) is 77.3 Å². The second kappa shape index (κ2) is 13.4.